The molecule has 0 aliphatic carbocycles. The summed E-state index contributed by atoms with van der Waals surface area (Å²) in [4.78, 5) is 14.5. The molecule has 1 amide bonds. The number of rotatable bonds is 7. The van der Waals surface area contributed by atoms with Crippen LogP contribution in [0.2, 0.25) is 0 Å². The molecule has 1 saturated heterocycles. The van der Waals surface area contributed by atoms with Gasteiger partial charge in [0.15, 0.2) is 5.65 Å². The molecule has 3 heterocycles. The molecule has 0 bridgehead atoms. The standard InChI is InChI=1S/C18H27N5O2/c1-3-25-13-5-10-19-17(24)15-8-11-22(12-9-15)18-21-20-16-7-4-6-14(2)23(16)18/h4,6-7,15H,3,5,8-13H2,1-2H3,(H,19,24). The Hall–Kier alpha value is -2.15. The van der Waals surface area contributed by atoms with Crippen molar-refractivity contribution >= 4 is 17.5 Å². The van der Waals surface area contributed by atoms with E-state index < -0.39 is 0 Å². The number of aromatic nitrogens is 3. The molecule has 2 aromatic rings. The number of nitrogens with one attached hydrogen (secondary N) is 1. The topological polar surface area (TPSA) is 71.8 Å². The minimum Gasteiger partial charge on any atom is -0.382 e. The fraction of sp³-hybridized carbons (Fsp3) is 0.611. The van der Waals surface area contributed by atoms with Gasteiger partial charge in [-0.25, -0.2) is 0 Å². The van der Waals surface area contributed by atoms with Gasteiger partial charge in [-0.3, -0.25) is 9.20 Å². The summed E-state index contributed by atoms with van der Waals surface area (Å²) in [6.45, 7) is 7.80. The van der Waals surface area contributed by atoms with E-state index in [2.05, 4.69) is 37.8 Å². The van der Waals surface area contributed by atoms with Crippen molar-refractivity contribution in [3.8, 4) is 0 Å². The van der Waals surface area contributed by atoms with Crippen LogP contribution in [0.5, 0.6) is 0 Å². The highest BCUT2D eigenvalue weighted by atomic mass is 16.5. The second-order valence-electron chi connectivity index (χ2n) is 6.46. The normalized spacial score (nSPS) is 15.7. The van der Waals surface area contributed by atoms with Gasteiger partial charge in [0.25, 0.3) is 0 Å². The largest absolute Gasteiger partial charge is 0.382 e. The van der Waals surface area contributed by atoms with Crippen molar-refractivity contribution in [2.75, 3.05) is 37.7 Å². The number of fused-ring (bicyclic) bond motifs is 1. The minimum absolute atomic E-state index is 0.0867. The van der Waals surface area contributed by atoms with E-state index >= 15 is 0 Å². The smallest absolute Gasteiger partial charge is 0.231 e. The fourth-order valence-corrected chi connectivity index (χ4v) is 3.30. The maximum Gasteiger partial charge on any atom is 0.231 e. The number of hydrogen-bond donors (Lipinski definition) is 1. The molecule has 1 aliphatic heterocycles. The number of carbonyl (C=O) groups is 1. The fourth-order valence-electron chi connectivity index (χ4n) is 3.30. The van der Waals surface area contributed by atoms with Crippen molar-refractivity contribution < 1.29 is 9.53 Å². The van der Waals surface area contributed by atoms with Crippen molar-refractivity contribution in [2.24, 2.45) is 5.92 Å². The predicted octanol–water partition coefficient (Wildman–Crippen LogP) is 1.80. The van der Waals surface area contributed by atoms with E-state index in [4.69, 9.17) is 4.74 Å². The third kappa shape index (κ3) is 4.10. The van der Waals surface area contributed by atoms with Crippen LogP contribution in [-0.2, 0) is 9.53 Å². The highest BCUT2D eigenvalue weighted by Crippen LogP contribution is 2.23. The zero-order chi connectivity index (χ0) is 17.6. The van der Waals surface area contributed by atoms with E-state index in [1.165, 1.54) is 0 Å². The third-order valence-corrected chi connectivity index (χ3v) is 4.72. The van der Waals surface area contributed by atoms with Crippen LogP contribution in [0.1, 0.15) is 31.9 Å². The number of hydrogen-bond acceptors (Lipinski definition) is 5. The maximum absolute atomic E-state index is 12.3. The summed E-state index contributed by atoms with van der Waals surface area (Å²) in [5.41, 5.74) is 1.98. The lowest BCUT2D eigenvalue weighted by Crippen LogP contribution is -2.41. The first kappa shape index (κ1) is 17.7. The highest BCUT2D eigenvalue weighted by molar-refractivity contribution is 5.78. The molecule has 1 fully saturated rings. The second kappa shape index (κ2) is 8.29. The summed E-state index contributed by atoms with van der Waals surface area (Å²) >= 11 is 0. The van der Waals surface area contributed by atoms with Crippen molar-refractivity contribution in [1.29, 1.82) is 0 Å². The maximum atomic E-state index is 12.3. The van der Waals surface area contributed by atoms with Crippen LogP contribution >= 0.6 is 0 Å². The molecule has 7 nitrogen and oxygen atoms in total. The van der Waals surface area contributed by atoms with Crippen molar-refractivity contribution in [3.05, 3.63) is 23.9 Å². The molecule has 0 unspecified atom stereocenters. The van der Waals surface area contributed by atoms with Crippen LogP contribution in [0.4, 0.5) is 5.95 Å². The van der Waals surface area contributed by atoms with E-state index in [1.54, 1.807) is 0 Å². The summed E-state index contributed by atoms with van der Waals surface area (Å²) in [6.07, 6.45) is 2.56. The van der Waals surface area contributed by atoms with Gasteiger partial charge in [0.1, 0.15) is 0 Å². The quantitative estimate of drug-likeness (QED) is 0.775. The number of pyridine rings is 1. The number of ether oxygens (including phenoxy) is 1. The van der Waals surface area contributed by atoms with E-state index in [0.717, 1.165) is 56.2 Å². The molecule has 2 aromatic heterocycles. The summed E-state index contributed by atoms with van der Waals surface area (Å²) < 4.78 is 7.37. The van der Waals surface area contributed by atoms with Crippen LogP contribution in [-0.4, -0.2) is 53.4 Å². The Morgan fingerprint density at radius 1 is 1.32 bits per heavy atom. The van der Waals surface area contributed by atoms with E-state index in [0.29, 0.717) is 13.2 Å². The Balaban J connectivity index is 1.52. The van der Waals surface area contributed by atoms with Crippen LogP contribution in [0.15, 0.2) is 18.2 Å². The van der Waals surface area contributed by atoms with Crippen molar-refractivity contribution in [3.63, 3.8) is 0 Å². The van der Waals surface area contributed by atoms with E-state index in [1.807, 2.05) is 19.1 Å². The molecule has 0 radical (unpaired) electrons. The van der Waals surface area contributed by atoms with Gasteiger partial charge in [0.05, 0.1) is 0 Å². The van der Waals surface area contributed by atoms with Gasteiger partial charge < -0.3 is 15.0 Å². The Morgan fingerprint density at radius 2 is 2.12 bits per heavy atom. The van der Waals surface area contributed by atoms with Gasteiger partial charge >= 0.3 is 0 Å². The Labute approximate surface area is 148 Å². The molecular formula is C18H27N5O2. The second-order valence-corrected chi connectivity index (χ2v) is 6.46. The molecule has 0 saturated carbocycles. The SMILES string of the molecule is CCOCCCNC(=O)C1CCN(c2nnc3cccc(C)n23)CC1. The van der Waals surface area contributed by atoms with Gasteiger partial charge in [-0.05, 0) is 45.2 Å². The molecule has 7 heteroatoms. The number of carbonyl (C=O) groups excluding carboxylic acids is 1. The van der Waals surface area contributed by atoms with Crippen LogP contribution < -0.4 is 10.2 Å². The first-order valence-corrected chi connectivity index (χ1v) is 9.12. The van der Waals surface area contributed by atoms with Gasteiger partial charge in [0.2, 0.25) is 11.9 Å². The minimum atomic E-state index is 0.0867. The Kier molecular flexibility index (Phi) is 5.86. The average molecular weight is 345 g/mol. The van der Waals surface area contributed by atoms with E-state index in [9.17, 15) is 4.79 Å². The molecular weight excluding hydrogens is 318 g/mol. The Bertz CT molecular complexity index is 707. The van der Waals surface area contributed by atoms with Crippen molar-refractivity contribution in [1.82, 2.24) is 19.9 Å². The molecule has 25 heavy (non-hydrogen) atoms. The predicted molar refractivity (Wildman–Crippen MR) is 96.8 cm³/mol. The average Bonchev–Trinajstić information content (AvgIpc) is 3.07. The molecule has 0 aromatic carbocycles. The zero-order valence-electron chi connectivity index (χ0n) is 15.1. The molecule has 1 aliphatic rings. The number of piperidine rings is 1. The summed E-state index contributed by atoms with van der Waals surface area (Å²) in [5.74, 6) is 1.13. The summed E-state index contributed by atoms with van der Waals surface area (Å²) in [5, 5.41) is 11.6. The molecule has 1 N–H and O–H groups in total. The van der Waals surface area contributed by atoms with Gasteiger partial charge in [-0.2, -0.15) is 0 Å². The number of amides is 1. The lowest BCUT2D eigenvalue weighted by Gasteiger charge is -2.31. The lowest BCUT2D eigenvalue weighted by molar-refractivity contribution is -0.125. The van der Waals surface area contributed by atoms with Gasteiger partial charge in [-0.1, -0.05) is 6.07 Å². The van der Waals surface area contributed by atoms with Crippen LogP contribution in [0.25, 0.3) is 5.65 Å². The number of aryl methyl sites for hydroxylation is 1. The van der Waals surface area contributed by atoms with Crippen LogP contribution in [0, 0.1) is 12.8 Å². The first-order chi connectivity index (χ1) is 12.2. The Morgan fingerprint density at radius 3 is 2.88 bits per heavy atom. The summed E-state index contributed by atoms with van der Waals surface area (Å²) in [7, 11) is 0. The monoisotopic (exact) mass is 345 g/mol. The highest BCUT2D eigenvalue weighted by Gasteiger charge is 2.27. The summed E-state index contributed by atoms with van der Waals surface area (Å²) in [6, 6.07) is 6.01. The molecule has 0 spiro atoms. The first-order valence-electron chi connectivity index (χ1n) is 9.12. The lowest BCUT2D eigenvalue weighted by atomic mass is 9.96. The zero-order valence-corrected chi connectivity index (χ0v) is 15.1. The molecule has 0 atom stereocenters. The van der Waals surface area contributed by atoms with E-state index in [-0.39, 0.29) is 11.8 Å². The van der Waals surface area contributed by atoms with Crippen molar-refractivity contribution in [2.45, 2.75) is 33.1 Å². The van der Waals surface area contributed by atoms with Crippen LogP contribution in [0.3, 0.4) is 0 Å². The molecule has 136 valence electrons. The number of nitrogens with zero attached hydrogens (tertiary/aromatic N) is 4. The third-order valence-electron chi connectivity index (χ3n) is 4.72. The number of anilines is 1. The molecule has 3 rings (SSSR count). The van der Waals surface area contributed by atoms with Gasteiger partial charge in [-0.15, -0.1) is 10.2 Å². The van der Waals surface area contributed by atoms with Gasteiger partial charge in [0, 0.05) is 44.5 Å².